The van der Waals surface area contributed by atoms with Crippen LogP contribution in [0.4, 0.5) is 0 Å². The van der Waals surface area contributed by atoms with Crippen LogP contribution >= 0.6 is 0 Å². The Balaban J connectivity index is 3.27. The third-order valence-corrected chi connectivity index (χ3v) is 3.60. The molecule has 0 fully saturated rings. The van der Waals surface area contributed by atoms with Crippen molar-refractivity contribution in [2.75, 3.05) is 0 Å². The first-order chi connectivity index (χ1) is 9.14. The highest BCUT2D eigenvalue weighted by molar-refractivity contribution is 5.93. The molecule has 0 bridgehead atoms. The molecule has 0 radical (unpaired) electrons. The highest BCUT2D eigenvalue weighted by Gasteiger charge is 2.49. The van der Waals surface area contributed by atoms with Gasteiger partial charge in [0.05, 0.1) is 5.41 Å². The van der Waals surface area contributed by atoms with Gasteiger partial charge in [0.2, 0.25) is 0 Å². The predicted octanol–water partition coefficient (Wildman–Crippen LogP) is 1.86. The molecule has 0 spiro atoms. The normalized spacial score (nSPS) is 31.1. The van der Waals surface area contributed by atoms with E-state index in [4.69, 9.17) is 11.5 Å². The quantitative estimate of drug-likeness (QED) is 0.468. The number of aliphatic hydroxyl groups is 1. The van der Waals surface area contributed by atoms with Crippen molar-refractivity contribution in [2.24, 2.45) is 5.41 Å². The summed E-state index contributed by atoms with van der Waals surface area (Å²) in [6.07, 6.45) is 10.9. The highest BCUT2D eigenvalue weighted by atomic mass is 16.4. The van der Waals surface area contributed by atoms with Gasteiger partial charge in [-0.1, -0.05) is 12.0 Å². The third kappa shape index (κ3) is 2.89. The molecule has 0 unspecified atom stereocenters. The summed E-state index contributed by atoms with van der Waals surface area (Å²) in [5.41, 5.74) is -1.60. The van der Waals surface area contributed by atoms with E-state index in [0.717, 1.165) is 6.08 Å². The molecule has 2 N–H and O–H groups in total. The standard InChI is InChI=1S/C16H18O4/c1-5-15(4)10-13(17)9-12(3)16(15,20)7-6-11(2)8-14(18)19/h1,6-9,20H,10H2,2-4H3,(H,18,19)/b7-6+,11-8-/t15-,16-/m0/s1. The number of carboxylic acids is 1. The lowest BCUT2D eigenvalue weighted by molar-refractivity contribution is -0.131. The fraction of sp³-hybridized carbons (Fsp3) is 0.375. The maximum Gasteiger partial charge on any atom is 0.328 e. The van der Waals surface area contributed by atoms with Crippen LogP contribution in [0.1, 0.15) is 27.2 Å². The Labute approximate surface area is 118 Å². The summed E-state index contributed by atoms with van der Waals surface area (Å²) in [7, 11) is 0. The summed E-state index contributed by atoms with van der Waals surface area (Å²) in [5.74, 6) is 1.31. The molecular weight excluding hydrogens is 256 g/mol. The van der Waals surface area contributed by atoms with Crippen molar-refractivity contribution in [2.45, 2.75) is 32.8 Å². The number of carboxylic acid groups (broad SMARTS) is 1. The van der Waals surface area contributed by atoms with E-state index in [1.165, 1.54) is 18.2 Å². The Kier molecular flexibility index (Phi) is 4.36. The molecule has 2 atom stereocenters. The molecule has 0 saturated carbocycles. The number of carbonyl (C=O) groups excluding carboxylic acids is 1. The molecule has 20 heavy (non-hydrogen) atoms. The van der Waals surface area contributed by atoms with Crippen LogP contribution in [0, 0.1) is 17.8 Å². The zero-order valence-electron chi connectivity index (χ0n) is 11.8. The Bertz CT molecular complexity index is 574. The van der Waals surface area contributed by atoms with E-state index in [0.29, 0.717) is 11.1 Å². The van der Waals surface area contributed by atoms with Gasteiger partial charge in [-0.15, -0.1) is 6.42 Å². The number of ketones is 1. The molecule has 0 amide bonds. The second-order valence-corrected chi connectivity index (χ2v) is 5.27. The summed E-state index contributed by atoms with van der Waals surface area (Å²) in [4.78, 5) is 22.2. The molecule has 1 aliphatic carbocycles. The molecule has 106 valence electrons. The van der Waals surface area contributed by atoms with E-state index < -0.39 is 17.0 Å². The summed E-state index contributed by atoms with van der Waals surface area (Å²) in [6, 6.07) is 0. The number of carbonyl (C=O) groups is 2. The second-order valence-electron chi connectivity index (χ2n) is 5.27. The Hall–Kier alpha value is -2.12. The topological polar surface area (TPSA) is 74.6 Å². The van der Waals surface area contributed by atoms with Crippen LogP contribution in [0.25, 0.3) is 0 Å². The highest BCUT2D eigenvalue weighted by Crippen LogP contribution is 2.44. The van der Waals surface area contributed by atoms with Gasteiger partial charge in [-0.05, 0) is 44.1 Å². The third-order valence-electron chi connectivity index (χ3n) is 3.60. The molecule has 0 aromatic carbocycles. The van der Waals surface area contributed by atoms with E-state index in [9.17, 15) is 14.7 Å². The van der Waals surface area contributed by atoms with Crippen LogP contribution in [0.5, 0.6) is 0 Å². The largest absolute Gasteiger partial charge is 0.478 e. The van der Waals surface area contributed by atoms with Crippen molar-refractivity contribution < 1.29 is 19.8 Å². The molecule has 1 aliphatic rings. The molecule has 0 saturated heterocycles. The van der Waals surface area contributed by atoms with Crippen LogP contribution in [0.2, 0.25) is 0 Å². The van der Waals surface area contributed by atoms with Gasteiger partial charge >= 0.3 is 5.97 Å². The number of allylic oxidation sites excluding steroid dienone is 3. The molecule has 0 aromatic heterocycles. The van der Waals surface area contributed by atoms with Crippen LogP contribution < -0.4 is 0 Å². The molecule has 4 nitrogen and oxygen atoms in total. The first-order valence-electron chi connectivity index (χ1n) is 6.17. The van der Waals surface area contributed by atoms with E-state index in [2.05, 4.69) is 5.92 Å². The van der Waals surface area contributed by atoms with Crippen molar-refractivity contribution >= 4 is 11.8 Å². The van der Waals surface area contributed by atoms with Crippen LogP contribution in [-0.2, 0) is 9.59 Å². The number of hydrogen-bond acceptors (Lipinski definition) is 3. The van der Waals surface area contributed by atoms with Crippen LogP contribution in [-0.4, -0.2) is 27.6 Å². The lowest BCUT2D eigenvalue weighted by atomic mass is 9.64. The molecule has 0 heterocycles. The number of aliphatic carboxylic acids is 1. The molecule has 4 heteroatoms. The van der Waals surface area contributed by atoms with Crippen molar-refractivity contribution in [1.29, 1.82) is 0 Å². The van der Waals surface area contributed by atoms with E-state index in [1.807, 2.05) is 0 Å². The lowest BCUT2D eigenvalue weighted by Gasteiger charge is -2.42. The van der Waals surface area contributed by atoms with Gasteiger partial charge in [0, 0.05) is 12.5 Å². The van der Waals surface area contributed by atoms with Crippen molar-refractivity contribution in [3.8, 4) is 12.3 Å². The Morgan fingerprint density at radius 3 is 2.65 bits per heavy atom. The number of rotatable bonds is 3. The first kappa shape index (κ1) is 15.9. The maximum atomic E-state index is 11.6. The summed E-state index contributed by atoms with van der Waals surface area (Å²) in [6.45, 7) is 4.88. The SMILES string of the molecule is C#C[C@@]1(C)CC(=O)C=C(C)[C@@]1(O)/C=C/C(C)=C\C(=O)O. The maximum absolute atomic E-state index is 11.6. The van der Waals surface area contributed by atoms with Crippen molar-refractivity contribution in [3.63, 3.8) is 0 Å². The average molecular weight is 274 g/mol. The summed E-state index contributed by atoms with van der Waals surface area (Å²) in [5, 5.41) is 19.5. The van der Waals surface area contributed by atoms with Gasteiger partial charge in [-0.2, -0.15) is 0 Å². The zero-order chi connectivity index (χ0) is 15.6. The molecule has 0 aromatic rings. The minimum atomic E-state index is -1.47. The number of terminal acetylenes is 1. The predicted molar refractivity (Wildman–Crippen MR) is 75.8 cm³/mol. The van der Waals surface area contributed by atoms with Gasteiger partial charge < -0.3 is 10.2 Å². The van der Waals surface area contributed by atoms with Crippen LogP contribution in [0.15, 0.2) is 35.5 Å². The number of hydrogen-bond donors (Lipinski definition) is 2. The van der Waals surface area contributed by atoms with E-state index >= 15 is 0 Å². The molecule has 1 rings (SSSR count). The average Bonchev–Trinajstić information content (AvgIpc) is 2.33. The van der Waals surface area contributed by atoms with Gasteiger partial charge in [0.25, 0.3) is 0 Å². The first-order valence-corrected chi connectivity index (χ1v) is 6.17. The van der Waals surface area contributed by atoms with Crippen LogP contribution in [0.3, 0.4) is 0 Å². The van der Waals surface area contributed by atoms with Gasteiger partial charge in [-0.3, -0.25) is 4.79 Å². The van der Waals surface area contributed by atoms with Gasteiger partial charge in [0.15, 0.2) is 5.78 Å². The summed E-state index contributed by atoms with van der Waals surface area (Å²) < 4.78 is 0. The van der Waals surface area contributed by atoms with E-state index in [-0.39, 0.29) is 12.2 Å². The summed E-state index contributed by atoms with van der Waals surface area (Å²) >= 11 is 0. The smallest absolute Gasteiger partial charge is 0.328 e. The zero-order valence-corrected chi connectivity index (χ0v) is 11.8. The minimum Gasteiger partial charge on any atom is -0.478 e. The van der Waals surface area contributed by atoms with E-state index in [1.54, 1.807) is 20.8 Å². The van der Waals surface area contributed by atoms with Gasteiger partial charge in [0.1, 0.15) is 5.60 Å². The monoisotopic (exact) mass is 274 g/mol. The van der Waals surface area contributed by atoms with Crippen molar-refractivity contribution in [1.82, 2.24) is 0 Å². The Morgan fingerprint density at radius 2 is 2.15 bits per heavy atom. The lowest BCUT2D eigenvalue weighted by Crippen LogP contribution is -2.49. The fourth-order valence-corrected chi connectivity index (χ4v) is 2.29. The molecule has 0 aliphatic heterocycles. The molecular formula is C16H18O4. The fourth-order valence-electron chi connectivity index (χ4n) is 2.29. The minimum absolute atomic E-state index is 0.0450. The van der Waals surface area contributed by atoms with Crippen molar-refractivity contribution in [3.05, 3.63) is 35.5 Å². The second kappa shape index (κ2) is 5.48. The van der Waals surface area contributed by atoms with Gasteiger partial charge in [-0.25, -0.2) is 4.79 Å². The Morgan fingerprint density at radius 1 is 1.55 bits per heavy atom.